The standard InChI is InChI=1S/C16H11F3N4O/c1-2-10-7-8-22-15(14(10)13(21)9-20)23-11-3-5-12(6-4-11)24-16(17,18)19/h2-8,21H,1H2,(H,22,23). The topological polar surface area (TPSA) is 81.8 Å². The van der Waals surface area contributed by atoms with Crippen LogP contribution in [0.15, 0.2) is 43.1 Å². The Morgan fingerprint density at radius 2 is 1.96 bits per heavy atom. The summed E-state index contributed by atoms with van der Waals surface area (Å²) < 4.78 is 40.2. The van der Waals surface area contributed by atoms with E-state index >= 15 is 0 Å². The third kappa shape index (κ3) is 4.10. The third-order valence-electron chi connectivity index (χ3n) is 2.92. The number of hydrogen-bond acceptors (Lipinski definition) is 5. The Balaban J connectivity index is 2.30. The van der Waals surface area contributed by atoms with Crippen LogP contribution in [0, 0.1) is 16.7 Å². The number of nitrogens with zero attached hydrogens (tertiary/aromatic N) is 2. The maximum absolute atomic E-state index is 12.1. The second-order valence-corrected chi connectivity index (χ2v) is 4.51. The SMILES string of the molecule is C=Cc1ccnc(Nc2ccc(OC(F)(F)F)cc2)c1C(=N)C#N. The maximum Gasteiger partial charge on any atom is 0.573 e. The predicted molar refractivity (Wildman–Crippen MR) is 83.2 cm³/mol. The number of hydrogen-bond donors (Lipinski definition) is 2. The molecule has 8 heteroatoms. The fourth-order valence-electron chi connectivity index (χ4n) is 1.94. The average Bonchev–Trinajstić information content (AvgIpc) is 2.54. The van der Waals surface area contributed by atoms with Gasteiger partial charge in [-0.3, -0.25) is 5.41 Å². The van der Waals surface area contributed by atoms with Gasteiger partial charge in [0.25, 0.3) is 0 Å². The number of ether oxygens (including phenoxy) is 1. The zero-order chi connectivity index (χ0) is 17.7. The van der Waals surface area contributed by atoms with Crippen LogP contribution in [0.2, 0.25) is 0 Å². The van der Waals surface area contributed by atoms with Crippen LogP contribution in [0.4, 0.5) is 24.7 Å². The summed E-state index contributed by atoms with van der Waals surface area (Å²) in [7, 11) is 0. The van der Waals surface area contributed by atoms with E-state index in [0.29, 0.717) is 11.3 Å². The molecule has 2 rings (SSSR count). The fourth-order valence-corrected chi connectivity index (χ4v) is 1.94. The molecule has 0 radical (unpaired) electrons. The van der Waals surface area contributed by atoms with Gasteiger partial charge in [0.2, 0.25) is 0 Å². The van der Waals surface area contributed by atoms with Gasteiger partial charge in [-0.25, -0.2) is 4.98 Å². The molecule has 1 aromatic heterocycles. The van der Waals surface area contributed by atoms with E-state index in [2.05, 4.69) is 21.6 Å². The molecule has 24 heavy (non-hydrogen) atoms. The van der Waals surface area contributed by atoms with Gasteiger partial charge in [-0.15, -0.1) is 13.2 Å². The van der Waals surface area contributed by atoms with E-state index in [-0.39, 0.29) is 22.8 Å². The van der Waals surface area contributed by atoms with Crippen molar-refractivity contribution in [1.29, 1.82) is 10.7 Å². The van der Waals surface area contributed by atoms with Crippen LogP contribution < -0.4 is 10.1 Å². The molecule has 0 aliphatic carbocycles. The normalized spacial score (nSPS) is 10.6. The quantitative estimate of drug-likeness (QED) is 0.802. The highest BCUT2D eigenvalue weighted by Crippen LogP contribution is 2.27. The Labute approximate surface area is 135 Å². The van der Waals surface area contributed by atoms with Gasteiger partial charge in [0.05, 0.1) is 5.56 Å². The zero-order valence-electron chi connectivity index (χ0n) is 12.2. The van der Waals surface area contributed by atoms with Crippen LogP contribution in [-0.2, 0) is 0 Å². The molecule has 0 aliphatic rings. The second kappa shape index (κ2) is 6.83. The first-order valence-corrected chi connectivity index (χ1v) is 6.57. The lowest BCUT2D eigenvalue weighted by Crippen LogP contribution is -2.17. The van der Waals surface area contributed by atoms with Crippen LogP contribution in [0.5, 0.6) is 5.75 Å². The molecule has 0 spiro atoms. The summed E-state index contributed by atoms with van der Waals surface area (Å²) in [4.78, 5) is 4.07. The lowest BCUT2D eigenvalue weighted by molar-refractivity contribution is -0.274. The lowest BCUT2D eigenvalue weighted by Gasteiger charge is -2.13. The molecular weight excluding hydrogens is 321 g/mol. The van der Waals surface area contributed by atoms with E-state index in [0.717, 1.165) is 12.1 Å². The van der Waals surface area contributed by atoms with Crippen molar-refractivity contribution in [3.05, 3.63) is 54.2 Å². The summed E-state index contributed by atoms with van der Waals surface area (Å²) in [5.74, 6) is -0.130. The number of alkyl halides is 3. The number of pyridine rings is 1. The highest BCUT2D eigenvalue weighted by Gasteiger charge is 2.30. The largest absolute Gasteiger partial charge is 0.573 e. The number of nitrogens with one attached hydrogen (secondary N) is 2. The first-order chi connectivity index (χ1) is 11.3. The van der Waals surface area contributed by atoms with Crippen molar-refractivity contribution < 1.29 is 17.9 Å². The molecular formula is C16H11F3N4O. The minimum absolute atomic E-state index is 0.225. The van der Waals surface area contributed by atoms with Crippen molar-refractivity contribution in [3.63, 3.8) is 0 Å². The van der Waals surface area contributed by atoms with Crippen molar-refractivity contribution in [2.45, 2.75) is 6.36 Å². The van der Waals surface area contributed by atoms with Gasteiger partial charge in [-0.2, -0.15) is 5.26 Å². The molecule has 0 fully saturated rings. The molecule has 1 heterocycles. The fraction of sp³-hybridized carbons (Fsp3) is 0.0625. The van der Waals surface area contributed by atoms with Crippen molar-refractivity contribution in [2.75, 3.05) is 5.32 Å². The molecule has 0 atom stereocenters. The van der Waals surface area contributed by atoms with Crippen molar-refractivity contribution in [1.82, 2.24) is 4.98 Å². The monoisotopic (exact) mass is 332 g/mol. The van der Waals surface area contributed by atoms with E-state index in [1.54, 1.807) is 12.1 Å². The van der Waals surface area contributed by atoms with Gasteiger partial charge in [0.15, 0.2) is 0 Å². The number of benzene rings is 1. The van der Waals surface area contributed by atoms with E-state index in [1.165, 1.54) is 24.4 Å². The van der Waals surface area contributed by atoms with Gasteiger partial charge in [0.1, 0.15) is 23.3 Å². The predicted octanol–water partition coefficient (Wildman–Crippen LogP) is 4.26. The number of nitriles is 1. The molecule has 0 saturated heterocycles. The van der Waals surface area contributed by atoms with Crippen molar-refractivity contribution in [3.8, 4) is 11.8 Å². The molecule has 0 bridgehead atoms. The summed E-state index contributed by atoms with van der Waals surface area (Å²) in [6, 6.07) is 8.34. The first kappa shape index (κ1) is 17.0. The molecule has 122 valence electrons. The van der Waals surface area contributed by atoms with Gasteiger partial charge in [0, 0.05) is 11.9 Å². The Kier molecular flexibility index (Phi) is 4.84. The van der Waals surface area contributed by atoms with E-state index in [1.807, 2.05) is 0 Å². The van der Waals surface area contributed by atoms with Crippen LogP contribution in [0.3, 0.4) is 0 Å². The third-order valence-corrected chi connectivity index (χ3v) is 2.92. The molecule has 2 N–H and O–H groups in total. The van der Waals surface area contributed by atoms with Crippen molar-refractivity contribution >= 4 is 23.3 Å². The Morgan fingerprint density at radius 3 is 2.50 bits per heavy atom. The second-order valence-electron chi connectivity index (χ2n) is 4.51. The molecule has 0 aliphatic heterocycles. The van der Waals surface area contributed by atoms with Gasteiger partial charge in [-0.1, -0.05) is 12.7 Å². The Hall–Kier alpha value is -3.34. The molecule has 2 aromatic rings. The summed E-state index contributed by atoms with van der Waals surface area (Å²) in [6.45, 7) is 3.62. The summed E-state index contributed by atoms with van der Waals surface area (Å²) in [6.07, 6.45) is -1.81. The van der Waals surface area contributed by atoms with Crippen LogP contribution >= 0.6 is 0 Å². The van der Waals surface area contributed by atoms with Gasteiger partial charge >= 0.3 is 6.36 Å². The zero-order valence-corrected chi connectivity index (χ0v) is 12.2. The Morgan fingerprint density at radius 1 is 1.29 bits per heavy atom. The number of anilines is 2. The highest BCUT2D eigenvalue weighted by molar-refractivity contribution is 6.14. The maximum atomic E-state index is 12.1. The number of rotatable bonds is 5. The number of aromatic nitrogens is 1. The molecule has 1 aromatic carbocycles. The lowest BCUT2D eigenvalue weighted by atomic mass is 10.0. The van der Waals surface area contributed by atoms with Gasteiger partial charge in [-0.05, 0) is 35.9 Å². The molecule has 0 unspecified atom stereocenters. The van der Waals surface area contributed by atoms with Crippen LogP contribution in [0.25, 0.3) is 6.08 Å². The van der Waals surface area contributed by atoms with Gasteiger partial charge < -0.3 is 10.1 Å². The Bertz CT molecular complexity index is 808. The number of halogens is 3. The van der Waals surface area contributed by atoms with E-state index in [4.69, 9.17) is 10.7 Å². The molecule has 0 saturated carbocycles. The highest BCUT2D eigenvalue weighted by atomic mass is 19.4. The summed E-state index contributed by atoms with van der Waals surface area (Å²) >= 11 is 0. The van der Waals surface area contributed by atoms with E-state index in [9.17, 15) is 13.2 Å². The minimum Gasteiger partial charge on any atom is -0.406 e. The van der Waals surface area contributed by atoms with Crippen LogP contribution in [0.1, 0.15) is 11.1 Å². The first-order valence-electron chi connectivity index (χ1n) is 6.57. The summed E-state index contributed by atoms with van der Waals surface area (Å²) in [5.41, 5.74) is 0.907. The summed E-state index contributed by atoms with van der Waals surface area (Å²) in [5, 5.41) is 19.5. The average molecular weight is 332 g/mol. The smallest absolute Gasteiger partial charge is 0.406 e. The minimum atomic E-state index is -4.76. The van der Waals surface area contributed by atoms with Crippen molar-refractivity contribution in [2.24, 2.45) is 0 Å². The molecule has 0 amide bonds. The molecule has 5 nitrogen and oxygen atoms in total. The van der Waals surface area contributed by atoms with E-state index < -0.39 is 6.36 Å². The van der Waals surface area contributed by atoms with Crippen LogP contribution in [-0.4, -0.2) is 17.1 Å².